The molecule has 174 valence electrons. The van der Waals surface area contributed by atoms with E-state index < -0.39 is 23.5 Å². The molecule has 0 bridgehead atoms. The lowest BCUT2D eigenvalue weighted by atomic mass is 9.84. The molecule has 3 aliphatic heterocycles. The summed E-state index contributed by atoms with van der Waals surface area (Å²) in [5.41, 5.74) is -0.492. The SMILES string of the molecule is CC(C)(CC(=O)N1CCCCCC1)CC(=O)N1CCC[C@H]1C(=O)N1CCC[C@H]1C(=O)O. The zero-order valence-electron chi connectivity index (χ0n) is 19.0. The Hall–Kier alpha value is -2.12. The third kappa shape index (κ3) is 5.77. The van der Waals surface area contributed by atoms with Crippen molar-refractivity contribution in [1.29, 1.82) is 0 Å². The molecule has 3 aliphatic rings. The van der Waals surface area contributed by atoms with Gasteiger partial charge in [0.1, 0.15) is 12.1 Å². The van der Waals surface area contributed by atoms with Gasteiger partial charge in [0.2, 0.25) is 17.7 Å². The summed E-state index contributed by atoms with van der Waals surface area (Å²) in [4.78, 5) is 55.5. The first-order valence-corrected chi connectivity index (χ1v) is 11.8. The minimum absolute atomic E-state index is 0.107. The van der Waals surface area contributed by atoms with E-state index in [1.165, 1.54) is 4.90 Å². The van der Waals surface area contributed by atoms with Gasteiger partial charge < -0.3 is 19.8 Å². The minimum Gasteiger partial charge on any atom is -0.480 e. The van der Waals surface area contributed by atoms with Gasteiger partial charge in [0, 0.05) is 39.0 Å². The summed E-state index contributed by atoms with van der Waals surface area (Å²) in [6.07, 6.45) is 7.37. The van der Waals surface area contributed by atoms with Crippen molar-refractivity contribution in [3.63, 3.8) is 0 Å². The molecule has 3 fully saturated rings. The monoisotopic (exact) mass is 435 g/mol. The summed E-state index contributed by atoms with van der Waals surface area (Å²) < 4.78 is 0. The maximum Gasteiger partial charge on any atom is 0.326 e. The van der Waals surface area contributed by atoms with E-state index in [0.29, 0.717) is 38.8 Å². The summed E-state index contributed by atoms with van der Waals surface area (Å²) in [6, 6.07) is -1.36. The summed E-state index contributed by atoms with van der Waals surface area (Å²) in [5.74, 6) is -1.23. The van der Waals surface area contributed by atoms with Crippen LogP contribution in [0, 0.1) is 5.41 Å². The molecule has 0 aliphatic carbocycles. The standard InChI is InChI=1S/C23H37N3O5/c1-23(2,15-19(27)24-11-5-3-4-6-12-24)16-20(28)25-13-7-9-17(25)21(29)26-14-8-10-18(26)22(30)31/h17-18H,3-16H2,1-2H3,(H,30,31)/t17-,18-/m0/s1. The molecule has 0 radical (unpaired) electrons. The molecule has 0 saturated carbocycles. The smallest absolute Gasteiger partial charge is 0.326 e. The van der Waals surface area contributed by atoms with Gasteiger partial charge in [0.25, 0.3) is 0 Å². The molecule has 0 aromatic rings. The van der Waals surface area contributed by atoms with E-state index in [2.05, 4.69) is 0 Å². The Labute approximate surface area is 184 Å². The highest BCUT2D eigenvalue weighted by Crippen LogP contribution is 2.31. The molecule has 3 rings (SSSR count). The Morgan fingerprint density at radius 1 is 0.742 bits per heavy atom. The zero-order valence-corrected chi connectivity index (χ0v) is 19.0. The average Bonchev–Trinajstić information content (AvgIpc) is 3.30. The van der Waals surface area contributed by atoms with Crippen molar-refractivity contribution in [3.05, 3.63) is 0 Å². The second kappa shape index (κ2) is 10.0. The van der Waals surface area contributed by atoms with Gasteiger partial charge in [-0.3, -0.25) is 14.4 Å². The topological polar surface area (TPSA) is 98.2 Å². The molecule has 0 spiro atoms. The van der Waals surface area contributed by atoms with Gasteiger partial charge in [-0.2, -0.15) is 0 Å². The lowest BCUT2D eigenvalue weighted by molar-refractivity contribution is -0.152. The normalized spacial score (nSPS) is 24.9. The number of carbonyl (C=O) groups is 4. The van der Waals surface area contributed by atoms with Gasteiger partial charge in [0.15, 0.2) is 0 Å². The van der Waals surface area contributed by atoms with Crippen LogP contribution < -0.4 is 0 Å². The molecule has 0 aromatic carbocycles. The molecule has 0 unspecified atom stereocenters. The Morgan fingerprint density at radius 2 is 1.29 bits per heavy atom. The predicted molar refractivity (Wildman–Crippen MR) is 115 cm³/mol. The number of carboxylic acid groups (broad SMARTS) is 1. The third-order valence-corrected chi connectivity index (χ3v) is 6.90. The summed E-state index contributed by atoms with van der Waals surface area (Å²) in [5, 5.41) is 9.40. The van der Waals surface area contributed by atoms with Crippen LogP contribution >= 0.6 is 0 Å². The number of amides is 3. The molecule has 31 heavy (non-hydrogen) atoms. The molecule has 3 heterocycles. The van der Waals surface area contributed by atoms with Crippen LogP contribution in [0.25, 0.3) is 0 Å². The van der Waals surface area contributed by atoms with Crippen molar-refractivity contribution < 1.29 is 24.3 Å². The van der Waals surface area contributed by atoms with E-state index in [1.54, 1.807) is 4.90 Å². The number of carbonyl (C=O) groups excluding carboxylic acids is 3. The fourth-order valence-electron chi connectivity index (χ4n) is 5.22. The van der Waals surface area contributed by atoms with Crippen LogP contribution in [0.5, 0.6) is 0 Å². The highest BCUT2D eigenvalue weighted by molar-refractivity contribution is 5.91. The van der Waals surface area contributed by atoms with Gasteiger partial charge >= 0.3 is 5.97 Å². The van der Waals surface area contributed by atoms with Crippen LogP contribution in [0.1, 0.15) is 78.1 Å². The van der Waals surface area contributed by atoms with E-state index in [9.17, 15) is 24.3 Å². The van der Waals surface area contributed by atoms with Gasteiger partial charge in [-0.15, -0.1) is 0 Å². The number of rotatable bonds is 6. The molecular formula is C23H37N3O5. The Balaban J connectivity index is 1.59. The van der Waals surface area contributed by atoms with Crippen molar-refractivity contribution in [3.8, 4) is 0 Å². The van der Waals surface area contributed by atoms with Crippen LogP contribution in [0.4, 0.5) is 0 Å². The molecule has 8 heteroatoms. The number of hydrogen-bond donors (Lipinski definition) is 1. The van der Waals surface area contributed by atoms with E-state index >= 15 is 0 Å². The molecule has 2 atom stereocenters. The van der Waals surface area contributed by atoms with E-state index in [1.807, 2.05) is 18.7 Å². The van der Waals surface area contributed by atoms with E-state index in [4.69, 9.17) is 0 Å². The van der Waals surface area contributed by atoms with Gasteiger partial charge in [-0.1, -0.05) is 26.7 Å². The molecule has 8 nitrogen and oxygen atoms in total. The first-order chi connectivity index (χ1) is 14.7. The van der Waals surface area contributed by atoms with E-state index in [-0.39, 0.29) is 24.1 Å². The number of nitrogens with zero attached hydrogens (tertiary/aromatic N) is 3. The van der Waals surface area contributed by atoms with E-state index in [0.717, 1.165) is 45.2 Å². The number of aliphatic carboxylic acids is 1. The lowest BCUT2D eigenvalue weighted by Crippen LogP contribution is -2.51. The van der Waals surface area contributed by atoms with Gasteiger partial charge in [-0.05, 0) is 43.9 Å². The van der Waals surface area contributed by atoms with Crippen molar-refractivity contribution in [2.75, 3.05) is 26.2 Å². The van der Waals surface area contributed by atoms with Gasteiger partial charge in [-0.25, -0.2) is 4.79 Å². The Morgan fingerprint density at radius 3 is 1.90 bits per heavy atom. The average molecular weight is 436 g/mol. The van der Waals surface area contributed by atoms with Crippen LogP contribution in [0.3, 0.4) is 0 Å². The fraction of sp³-hybridized carbons (Fsp3) is 0.826. The largest absolute Gasteiger partial charge is 0.480 e. The van der Waals surface area contributed by atoms with Crippen LogP contribution in [-0.4, -0.2) is 81.8 Å². The van der Waals surface area contributed by atoms with Crippen LogP contribution in [0.15, 0.2) is 0 Å². The molecular weight excluding hydrogens is 398 g/mol. The second-order valence-electron chi connectivity index (χ2n) is 10.1. The Bertz CT molecular complexity index is 699. The second-order valence-corrected chi connectivity index (χ2v) is 10.1. The quantitative estimate of drug-likeness (QED) is 0.690. The summed E-state index contributed by atoms with van der Waals surface area (Å²) >= 11 is 0. The highest BCUT2D eigenvalue weighted by atomic mass is 16.4. The Kier molecular flexibility index (Phi) is 7.59. The number of likely N-dealkylation sites (tertiary alicyclic amines) is 3. The van der Waals surface area contributed by atoms with Crippen molar-refractivity contribution in [2.24, 2.45) is 5.41 Å². The van der Waals surface area contributed by atoms with Crippen LogP contribution in [-0.2, 0) is 19.2 Å². The lowest BCUT2D eigenvalue weighted by Gasteiger charge is -2.33. The first-order valence-electron chi connectivity index (χ1n) is 11.8. The molecule has 1 N–H and O–H groups in total. The highest BCUT2D eigenvalue weighted by Gasteiger charge is 2.43. The minimum atomic E-state index is -0.977. The van der Waals surface area contributed by atoms with Crippen molar-refractivity contribution in [1.82, 2.24) is 14.7 Å². The summed E-state index contributed by atoms with van der Waals surface area (Å²) in [7, 11) is 0. The fourth-order valence-corrected chi connectivity index (χ4v) is 5.22. The van der Waals surface area contributed by atoms with Crippen LogP contribution in [0.2, 0.25) is 0 Å². The third-order valence-electron chi connectivity index (χ3n) is 6.90. The molecule has 0 aromatic heterocycles. The summed E-state index contributed by atoms with van der Waals surface area (Å²) in [6.45, 7) is 6.42. The number of carboxylic acids is 1. The van der Waals surface area contributed by atoms with Gasteiger partial charge in [0.05, 0.1) is 0 Å². The van der Waals surface area contributed by atoms with Crippen molar-refractivity contribution in [2.45, 2.75) is 90.1 Å². The number of hydrogen-bond acceptors (Lipinski definition) is 4. The van der Waals surface area contributed by atoms with Crippen molar-refractivity contribution >= 4 is 23.7 Å². The predicted octanol–water partition coefficient (Wildman–Crippen LogP) is 2.26. The maximum absolute atomic E-state index is 13.1. The zero-order chi connectivity index (χ0) is 22.6. The maximum atomic E-state index is 13.1. The molecule has 3 amide bonds. The first kappa shape index (κ1) is 23.5. The molecule has 3 saturated heterocycles.